The Labute approximate surface area is 146 Å². The summed E-state index contributed by atoms with van der Waals surface area (Å²) >= 11 is 1.74. The average molecular weight is 345 g/mol. The first kappa shape index (κ1) is 15.8. The van der Waals surface area contributed by atoms with E-state index >= 15 is 0 Å². The van der Waals surface area contributed by atoms with E-state index in [9.17, 15) is 4.79 Å². The van der Waals surface area contributed by atoms with Gasteiger partial charge in [0.15, 0.2) is 0 Å². The predicted octanol–water partition coefficient (Wildman–Crippen LogP) is 2.75. The average Bonchev–Trinajstić information content (AvgIpc) is 3.00. The zero-order valence-electron chi connectivity index (χ0n) is 14.0. The highest BCUT2D eigenvalue weighted by Crippen LogP contribution is 2.48. The quantitative estimate of drug-likeness (QED) is 0.836. The Kier molecular flexibility index (Phi) is 4.41. The van der Waals surface area contributed by atoms with E-state index in [2.05, 4.69) is 22.2 Å². The fourth-order valence-corrected chi connectivity index (χ4v) is 4.19. The van der Waals surface area contributed by atoms with Crippen LogP contribution in [0.4, 0.5) is 0 Å². The lowest BCUT2D eigenvalue weighted by Crippen LogP contribution is -2.48. The molecule has 0 aromatic carbocycles. The van der Waals surface area contributed by atoms with Crippen LogP contribution in [-0.2, 0) is 17.8 Å². The van der Waals surface area contributed by atoms with Crippen molar-refractivity contribution in [3.8, 4) is 0 Å². The number of thiazole rings is 1. The summed E-state index contributed by atoms with van der Waals surface area (Å²) in [6.45, 7) is 6.56. The minimum absolute atomic E-state index is 0.133. The molecule has 3 heterocycles. The first-order valence-corrected chi connectivity index (χ1v) is 9.60. The molecule has 0 N–H and O–H groups in total. The molecular formula is C18H23N3O2S. The standard InChI is InChI=1S/C18H23N3O2S/c1-2-17-19-13(12-24-17)11-20-5-7-21(8-6-20)18(22)15-10-14(15)16-4-3-9-23-16/h3-4,9,12,14-15H,2,5-8,10-11H2,1H3/t14-,15+/m0/s1. The van der Waals surface area contributed by atoms with Crippen molar-refractivity contribution in [3.63, 3.8) is 0 Å². The summed E-state index contributed by atoms with van der Waals surface area (Å²) < 4.78 is 5.43. The summed E-state index contributed by atoms with van der Waals surface area (Å²) in [5.41, 5.74) is 1.16. The molecule has 5 nitrogen and oxygen atoms in total. The van der Waals surface area contributed by atoms with Gasteiger partial charge in [-0.05, 0) is 25.0 Å². The van der Waals surface area contributed by atoms with Crippen molar-refractivity contribution in [1.82, 2.24) is 14.8 Å². The number of aryl methyl sites for hydroxylation is 1. The molecule has 0 bridgehead atoms. The lowest BCUT2D eigenvalue weighted by Gasteiger charge is -2.34. The number of piperazine rings is 1. The summed E-state index contributed by atoms with van der Waals surface area (Å²) in [5.74, 6) is 1.70. The van der Waals surface area contributed by atoms with E-state index in [0.717, 1.165) is 57.0 Å². The van der Waals surface area contributed by atoms with E-state index < -0.39 is 0 Å². The molecule has 1 saturated heterocycles. The lowest BCUT2D eigenvalue weighted by atomic mass is 10.2. The van der Waals surface area contributed by atoms with Crippen molar-refractivity contribution in [2.24, 2.45) is 5.92 Å². The second-order valence-electron chi connectivity index (χ2n) is 6.65. The van der Waals surface area contributed by atoms with Crippen molar-refractivity contribution >= 4 is 17.2 Å². The third-order valence-corrected chi connectivity index (χ3v) is 6.03. The first-order valence-electron chi connectivity index (χ1n) is 8.72. The number of amides is 1. The van der Waals surface area contributed by atoms with Crippen LogP contribution in [0.2, 0.25) is 0 Å². The number of aromatic nitrogens is 1. The van der Waals surface area contributed by atoms with Crippen molar-refractivity contribution in [3.05, 3.63) is 40.2 Å². The van der Waals surface area contributed by atoms with Crippen LogP contribution in [0, 0.1) is 5.92 Å². The Morgan fingerprint density at radius 1 is 1.38 bits per heavy atom. The topological polar surface area (TPSA) is 49.6 Å². The van der Waals surface area contributed by atoms with Gasteiger partial charge in [0, 0.05) is 49.9 Å². The number of nitrogens with zero attached hydrogens (tertiary/aromatic N) is 3. The molecule has 2 aromatic heterocycles. The zero-order valence-corrected chi connectivity index (χ0v) is 14.8. The molecule has 24 heavy (non-hydrogen) atoms. The molecule has 2 atom stereocenters. The second-order valence-corrected chi connectivity index (χ2v) is 7.59. The molecule has 1 aliphatic carbocycles. The third-order valence-electron chi connectivity index (χ3n) is 4.99. The van der Waals surface area contributed by atoms with E-state index in [4.69, 9.17) is 4.42 Å². The number of carbonyl (C=O) groups excluding carboxylic acids is 1. The summed E-state index contributed by atoms with van der Waals surface area (Å²) in [5, 5.41) is 3.37. The number of hydrogen-bond donors (Lipinski definition) is 0. The van der Waals surface area contributed by atoms with Crippen LogP contribution >= 0.6 is 11.3 Å². The normalized spacial score (nSPS) is 24.3. The van der Waals surface area contributed by atoms with Crippen LogP contribution in [0.5, 0.6) is 0 Å². The molecular weight excluding hydrogens is 322 g/mol. The second kappa shape index (κ2) is 6.69. The Hall–Kier alpha value is -1.66. The summed E-state index contributed by atoms with van der Waals surface area (Å²) in [6, 6.07) is 3.88. The zero-order chi connectivity index (χ0) is 16.5. The highest BCUT2D eigenvalue weighted by molar-refractivity contribution is 7.09. The van der Waals surface area contributed by atoms with Gasteiger partial charge in [-0.1, -0.05) is 6.92 Å². The summed E-state index contributed by atoms with van der Waals surface area (Å²) in [4.78, 5) is 21.7. The van der Waals surface area contributed by atoms with Gasteiger partial charge in [0.25, 0.3) is 0 Å². The summed E-state index contributed by atoms with van der Waals surface area (Å²) in [6.07, 6.45) is 3.63. The predicted molar refractivity (Wildman–Crippen MR) is 92.9 cm³/mol. The number of furan rings is 1. The van der Waals surface area contributed by atoms with Crippen LogP contribution in [0.15, 0.2) is 28.2 Å². The van der Waals surface area contributed by atoms with Crippen molar-refractivity contribution in [1.29, 1.82) is 0 Å². The SMILES string of the molecule is CCc1nc(CN2CCN(C(=O)[C@@H]3C[C@@H]3c3ccco3)CC2)cs1. The molecule has 1 amide bonds. The molecule has 6 heteroatoms. The fourth-order valence-electron chi connectivity index (χ4n) is 3.46. The monoisotopic (exact) mass is 345 g/mol. The number of rotatable bonds is 5. The van der Waals surface area contributed by atoms with E-state index in [-0.39, 0.29) is 5.92 Å². The smallest absolute Gasteiger partial charge is 0.226 e. The Bertz CT molecular complexity index is 689. The van der Waals surface area contributed by atoms with Gasteiger partial charge in [0.05, 0.1) is 17.0 Å². The van der Waals surface area contributed by atoms with E-state index in [1.54, 1.807) is 17.6 Å². The van der Waals surface area contributed by atoms with Gasteiger partial charge in [-0.15, -0.1) is 11.3 Å². The van der Waals surface area contributed by atoms with E-state index in [0.29, 0.717) is 11.8 Å². The third kappa shape index (κ3) is 3.26. The highest BCUT2D eigenvalue weighted by Gasteiger charge is 2.47. The Morgan fingerprint density at radius 3 is 2.88 bits per heavy atom. The molecule has 128 valence electrons. The van der Waals surface area contributed by atoms with Crippen LogP contribution < -0.4 is 0 Å². The lowest BCUT2D eigenvalue weighted by molar-refractivity contribution is -0.134. The van der Waals surface area contributed by atoms with Gasteiger partial charge >= 0.3 is 0 Å². The van der Waals surface area contributed by atoms with Gasteiger partial charge in [-0.2, -0.15) is 0 Å². The fraction of sp³-hybridized carbons (Fsp3) is 0.556. The van der Waals surface area contributed by atoms with Crippen molar-refractivity contribution in [2.75, 3.05) is 26.2 Å². The van der Waals surface area contributed by atoms with Crippen LogP contribution in [0.25, 0.3) is 0 Å². The molecule has 4 rings (SSSR count). The molecule has 2 aromatic rings. The maximum Gasteiger partial charge on any atom is 0.226 e. The largest absolute Gasteiger partial charge is 0.469 e. The van der Waals surface area contributed by atoms with Crippen LogP contribution in [0.1, 0.15) is 35.7 Å². The number of hydrogen-bond acceptors (Lipinski definition) is 5. The Balaban J connectivity index is 1.26. The van der Waals surface area contributed by atoms with Gasteiger partial charge in [-0.3, -0.25) is 9.69 Å². The highest BCUT2D eigenvalue weighted by atomic mass is 32.1. The maximum absolute atomic E-state index is 12.6. The first-order chi connectivity index (χ1) is 11.7. The molecule has 1 saturated carbocycles. The molecule has 0 spiro atoms. The molecule has 0 unspecified atom stereocenters. The summed E-state index contributed by atoms with van der Waals surface area (Å²) in [7, 11) is 0. The van der Waals surface area contributed by atoms with Crippen LogP contribution in [-0.4, -0.2) is 46.9 Å². The maximum atomic E-state index is 12.6. The molecule has 2 aliphatic rings. The minimum Gasteiger partial charge on any atom is -0.469 e. The van der Waals surface area contributed by atoms with E-state index in [1.807, 2.05) is 17.0 Å². The molecule has 1 aliphatic heterocycles. The molecule has 0 radical (unpaired) electrons. The van der Waals surface area contributed by atoms with Gasteiger partial charge < -0.3 is 9.32 Å². The van der Waals surface area contributed by atoms with Gasteiger partial charge in [0.2, 0.25) is 5.91 Å². The van der Waals surface area contributed by atoms with Crippen molar-refractivity contribution in [2.45, 2.75) is 32.2 Å². The Morgan fingerprint density at radius 2 is 2.21 bits per heavy atom. The van der Waals surface area contributed by atoms with Crippen molar-refractivity contribution < 1.29 is 9.21 Å². The van der Waals surface area contributed by atoms with Gasteiger partial charge in [0.1, 0.15) is 5.76 Å². The molecule has 2 fully saturated rings. The van der Waals surface area contributed by atoms with Gasteiger partial charge in [-0.25, -0.2) is 4.98 Å². The van der Waals surface area contributed by atoms with Crippen LogP contribution in [0.3, 0.4) is 0 Å². The minimum atomic E-state index is 0.133. The number of carbonyl (C=O) groups is 1. The van der Waals surface area contributed by atoms with E-state index in [1.165, 1.54) is 5.01 Å².